The lowest BCUT2D eigenvalue weighted by Gasteiger charge is -2.17. The van der Waals surface area contributed by atoms with Gasteiger partial charge in [-0.1, -0.05) is 44.2 Å². The van der Waals surface area contributed by atoms with E-state index in [1.54, 1.807) is 0 Å². The topological polar surface area (TPSA) is 30.5 Å². The van der Waals surface area contributed by atoms with Crippen molar-refractivity contribution in [3.63, 3.8) is 0 Å². The molecule has 0 spiro atoms. The molecule has 1 atom stereocenters. The Hall–Kier alpha value is -2.00. The molecule has 0 aliphatic heterocycles. The van der Waals surface area contributed by atoms with Crippen molar-refractivity contribution >= 4 is 0 Å². The second-order valence-electron chi connectivity index (χ2n) is 5.49. The molecule has 3 nitrogen and oxygen atoms in total. The molecule has 0 amide bonds. The molecule has 0 aromatic heterocycles. The maximum atomic E-state index is 5.73. The maximum Gasteiger partial charge on any atom is 0.122 e. The molecule has 23 heavy (non-hydrogen) atoms. The first-order valence-corrected chi connectivity index (χ1v) is 8.47. The predicted octanol–water partition coefficient (Wildman–Crippen LogP) is 4.60. The molecule has 0 saturated heterocycles. The van der Waals surface area contributed by atoms with E-state index in [0.717, 1.165) is 30.9 Å². The molecule has 1 unspecified atom stereocenters. The normalized spacial score (nSPS) is 11.9. The number of benzene rings is 2. The molecule has 2 aromatic carbocycles. The first kappa shape index (κ1) is 17.4. The van der Waals surface area contributed by atoms with Crippen molar-refractivity contribution in [2.75, 3.05) is 19.8 Å². The highest BCUT2D eigenvalue weighted by Crippen LogP contribution is 2.20. The largest absolute Gasteiger partial charge is 0.490 e. The van der Waals surface area contributed by atoms with E-state index in [0.29, 0.717) is 19.3 Å². The van der Waals surface area contributed by atoms with E-state index in [9.17, 15) is 0 Å². The predicted molar refractivity (Wildman–Crippen MR) is 95.2 cm³/mol. The summed E-state index contributed by atoms with van der Waals surface area (Å²) in [6, 6.07) is 18.6. The second kappa shape index (κ2) is 9.90. The minimum atomic E-state index is 0.422. The summed E-state index contributed by atoms with van der Waals surface area (Å²) in [5, 5.41) is 3.56. The molecule has 0 saturated carbocycles. The molecule has 0 aliphatic rings. The van der Waals surface area contributed by atoms with Crippen LogP contribution < -0.4 is 14.8 Å². The maximum absolute atomic E-state index is 5.73. The van der Waals surface area contributed by atoms with Crippen molar-refractivity contribution in [2.45, 2.75) is 32.7 Å². The third-order valence-electron chi connectivity index (χ3n) is 3.70. The van der Waals surface area contributed by atoms with Crippen molar-refractivity contribution in [2.24, 2.45) is 0 Å². The van der Waals surface area contributed by atoms with Gasteiger partial charge in [-0.15, -0.1) is 0 Å². The summed E-state index contributed by atoms with van der Waals surface area (Å²) in [6.07, 6.45) is 2.24. The first-order valence-electron chi connectivity index (χ1n) is 8.47. The zero-order chi connectivity index (χ0) is 16.3. The lowest BCUT2D eigenvalue weighted by atomic mass is 10.0. The van der Waals surface area contributed by atoms with Crippen LogP contribution in [0, 0.1) is 0 Å². The smallest absolute Gasteiger partial charge is 0.122 e. The van der Waals surface area contributed by atoms with Crippen molar-refractivity contribution in [1.29, 1.82) is 0 Å². The van der Waals surface area contributed by atoms with Crippen LogP contribution in [-0.4, -0.2) is 19.8 Å². The zero-order valence-corrected chi connectivity index (χ0v) is 14.1. The van der Waals surface area contributed by atoms with Gasteiger partial charge in [0.25, 0.3) is 0 Å². The second-order valence-corrected chi connectivity index (χ2v) is 5.49. The summed E-state index contributed by atoms with van der Waals surface area (Å²) < 4.78 is 11.3. The third kappa shape index (κ3) is 5.95. The summed E-state index contributed by atoms with van der Waals surface area (Å²) in [4.78, 5) is 0. The number of hydrogen-bond donors (Lipinski definition) is 1. The van der Waals surface area contributed by atoms with Gasteiger partial charge in [0.05, 0.1) is 0 Å². The minimum Gasteiger partial charge on any atom is -0.490 e. The van der Waals surface area contributed by atoms with E-state index in [2.05, 4.69) is 31.3 Å². The Balaban J connectivity index is 1.76. The van der Waals surface area contributed by atoms with Crippen LogP contribution in [-0.2, 0) is 0 Å². The SMILES string of the molecule is CCCNC(CC)c1ccc(OCCOc2ccccc2)cc1. The fraction of sp³-hybridized carbons (Fsp3) is 0.400. The van der Waals surface area contributed by atoms with Crippen LogP contribution in [0.4, 0.5) is 0 Å². The quantitative estimate of drug-likeness (QED) is 0.651. The van der Waals surface area contributed by atoms with Gasteiger partial charge < -0.3 is 14.8 Å². The standard InChI is InChI=1S/C20H27NO2/c1-3-14-21-20(4-2)17-10-12-19(13-11-17)23-16-15-22-18-8-6-5-7-9-18/h5-13,20-21H,3-4,14-16H2,1-2H3. The van der Waals surface area contributed by atoms with Crippen molar-refractivity contribution in [3.05, 3.63) is 60.2 Å². The number of ether oxygens (including phenoxy) is 2. The fourth-order valence-electron chi connectivity index (χ4n) is 2.45. The monoisotopic (exact) mass is 313 g/mol. The highest BCUT2D eigenvalue weighted by Gasteiger charge is 2.07. The van der Waals surface area contributed by atoms with Crippen LogP contribution in [0.25, 0.3) is 0 Å². The third-order valence-corrected chi connectivity index (χ3v) is 3.70. The van der Waals surface area contributed by atoms with Crippen molar-refractivity contribution < 1.29 is 9.47 Å². The van der Waals surface area contributed by atoms with Gasteiger partial charge in [0.1, 0.15) is 24.7 Å². The van der Waals surface area contributed by atoms with Crippen LogP contribution >= 0.6 is 0 Å². The molecular formula is C20H27NO2. The van der Waals surface area contributed by atoms with Gasteiger partial charge in [0, 0.05) is 6.04 Å². The van der Waals surface area contributed by atoms with E-state index >= 15 is 0 Å². The lowest BCUT2D eigenvalue weighted by molar-refractivity contribution is 0.217. The van der Waals surface area contributed by atoms with E-state index in [-0.39, 0.29) is 0 Å². The summed E-state index contributed by atoms with van der Waals surface area (Å²) in [7, 11) is 0. The van der Waals surface area contributed by atoms with E-state index in [1.807, 2.05) is 42.5 Å². The number of para-hydroxylation sites is 1. The number of nitrogens with one attached hydrogen (secondary N) is 1. The summed E-state index contributed by atoms with van der Waals surface area (Å²) in [5.41, 5.74) is 1.31. The van der Waals surface area contributed by atoms with Crippen molar-refractivity contribution in [1.82, 2.24) is 5.32 Å². The Labute approximate surface area is 139 Å². The lowest BCUT2D eigenvalue weighted by Crippen LogP contribution is -2.21. The Morgan fingerprint density at radius 3 is 2.00 bits per heavy atom. The minimum absolute atomic E-state index is 0.422. The summed E-state index contributed by atoms with van der Waals surface area (Å²) in [5.74, 6) is 1.76. The Kier molecular flexibility index (Phi) is 7.47. The molecule has 2 aromatic rings. The van der Waals surface area contributed by atoms with Gasteiger partial charge in [-0.25, -0.2) is 0 Å². The fourth-order valence-corrected chi connectivity index (χ4v) is 2.45. The average molecular weight is 313 g/mol. The highest BCUT2D eigenvalue weighted by molar-refractivity contribution is 5.29. The number of rotatable bonds is 10. The van der Waals surface area contributed by atoms with Crippen LogP contribution in [0.15, 0.2) is 54.6 Å². The van der Waals surface area contributed by atoms with Gasteiger partial charge in [-0.3, -0.25) is 0 Å². The zero-order valence-electron chi connectivity index (χ0n) is 14.1. The van der Waals surface area contributed by atoms with Gasteiger partial charge in [-0.2, -0.15) is 0 Å². The molecule has 0 aliphatic carbocycles. The molecule has 124 valence electrons. The highest BCUT2D eigenvalue weighted by atomic mass is 16.5. The molecule has 2 rings (SSSR count). The van der Waals surface area contributed by atoms with Gasteiger partial charge in [0.2, 0.25) is 0 Å². The van der Waals surface area contributed by atoms with Crippen molar-refractivity contribution in [3.8, 4) is 11.5 Å². The molecule has 0 fully saturated rings. The van der Waals surface area contributed by atoms with Crippen LogP contribution in [0.2, 0.25) is 0 Å². The molecule has 3 heteroatoms. The summed E-state index contributed by atoms with van der Waals surface area (Å²) in [6.45, 7) is 6.53. The van der Waals surface area contributed by atoms with Gasteiger partial charge in [0.15, 0.2) is 0 Å². The van der Waals surface area contributed by atoms with E-state index in [1.165, 1.54) is 5.56 Å². The average Bonchev–Trinajstić information content (AvgIpc) is 2.61. The Morgan fingerprint density at radius 1 is 0.826 bits per heavy atom. The summed E-state index contributed by atoms with van der Waals surface area (Å²) >= 11 is 0. The number of hydrogen-bond acceptors (Lipinski definition) is 3. The molecule has 0 radical (unpaired) electrons. The van der Waals surface area contributed by atoms with E-state index < -0.39 is 0 Å². The van der Waals surface area contributed by atoms with Gasteiger partial charge >= 0.3 is 0 Å². The van der Waals surface area contributed by atoms with Crippen LogP contribution in [0.5, 0.6) is 11.5 Å². The molecule has 0 heterocycles. The van der Waals surface area contributed by atoms with Gasteiger partial charge in [-0.05, 0) is 49.2 Å². The van der Waals surface area contributed by atoms with Crippen LogP contribution in [0.1, 0.15) is 38.3 Å². The molecular weight excluding hydrogens is 286 g/mol. The Morgan fingerprint density at radius 2 is 1.43 bits per heavy atom. The molecule has 1 N–H and O–H groups in total. The molecule has 0 bridgehead atoms. The van der Waals surface area contributed by atoms with E-state index in [4.69, 9.17) is 9.47 Å². The first-order chi connectivity index (χ1) is 11.3. The van der Waals surface area contributed by atoms with Crippen LogP contribution in [0.3, 0.4) is 0 Å². The Bertz CT molecular complexity index is 539.